The van der Waals surface area contributed by atoms with Gasteiger partial charge in [0, 0.05) is 32.4 Å². The zero-order valence-electron chi connectivity index (χ0n) is 14.4. The molecule has 1 N–H and O–H groups in total. The van der Waals surface area contributed by atoms with Gasteiger partial charge in [-0.2, -0.15) is 0 Å². The number of methoxy groups -OCH3 is 1. The number of nitrogens with one attached hydrogen (secondary N) is 1. The summed E-state index contributed by atoms with van der Waals surface area (Å²) < 4.78 is 5.28. The molecule has 0 saturated carbocycles. The normalized spacial score (nSPS) is 14.5. The van der Waals surface area contributed by atoms with E-state index in [2.05, 4.69) is 20.2 Å². The summed E-state index contributed by atoms with van der Waals surface area (Å²) >= 11 is 1.59. The molecule has 3 heterocycles. The van der Waals surface area contributed by atoms with Crippen molar-refractivity contribution in [2.75, 3.05) is 43.5 Å². The highest BCUT2D eigenvalue weighted by Gasteiger charge is 2.23. The third kappa shape index (κ3) is 3.28. The van der Waals surface area contributed by atoms with Gasteiger partial charge in [-0.25, -0.2) is 14.8 Å². The number of hydrogen-bond donors (Lipinski definition) is 1. The molecule has 1 aromatic carbocycles. The maximum atomic E-state index is 12.5. The highest BCUT2D eigenvalue weighted by Crippen LogP contribution is 2.28. The van der Waals surface area contributed by atoms with E-state index in [9.17, 15) is 4.79 Å². The quantitative estimate of drug-likeness (QED) is 0.768. The van der Waals surface area contributed by atoms with Crippen LogP contribution in [0.1, 0.15) is 0 Å². The van der Waals surface area contributed by atoms with Crippen molar-refractivity contribution in [1.82, 2.24) is 14.9 Å². The van der Waals surface area contributed by atoms with Gasteiger partial charge in [-0.15, -0.1) is 0 Å². The third-order valence-electron chi connectivity index (χ3n) is 4.34. The number of aromatic nitrogens is 2. The van der Waals surface area contributed by atoms with Gasteiger partial charge in [-0.1, -0.05) is 23.5 Å². The third-order valence-corrected chi connectivity index (χ3v) is 5.38. The largest absolute Gasteiger partial charge is 0.495 e. The van der Waals surface area contributed by atoms with E-state index in [1.807, 2.05) is 41.3 Å². The number of nitrogens with zero attached hydrogens (tertiary/aromatic N) is 4. The highest BCUT2D eigenvalue weighted by molar-refractivity contribution is 7.21. The number of piperazine rings is 1. The summed E-state index contributed by atoms with van der Waals surface area (Å²) in [6.45, 7) is 2.78. The van der Waals surface area contributed by atoms with Crippen molar-refractivity contribution in [3.05, 3.63) is 42.6 Å². The van der Waals surface area contributed by atoms with Gasteiger partial charge < -0.3 is 19.9 Å². The van der Waals surface area contributed by atoms with Gasteiger partial charge in [-0.05, 0) is 24.3 Å². The second-order valence-electron chi connectivity index (χ2n) is 5.93. The molecular weight excluding hydrogens is 350 g/mol. The predicted molar refractivity (Wildman–Crippen MR) is 103 cm³/mol. The van der Waals surface area contributed by atoms with Crippen molar-refractivity contribution in [3.63, 3.8) is 0 Å². The summed E-state index contributed by atoms with van der Waals surface area (Å²) in [5.74, 6) is 0.654. The second-order valence-corrected chi connectivity index (χ2v) is 6.88. The average Bonchev–Trinajstić information content (AvgIpc) is 3.13. The van der Waals surface area contributed by atoms with E-state index in [1.54, 1.807) is 24.6 Å². The molecule has 0 atom stereocenters. The summed E-state index contributed by atoms with van der Waals surface area (Å²) in [5.41, 5.74) is 1.60. The molecule has 8 heteroatoms. The summed E-state index contributed by atoms with van der Waals surface area (Å²) in [7, 11) is 1.59. The summed E-state index contributed by atoms with van der Waals surface area (Å²) in [5, 5.41) is 3.89. The Kier molecular flexibility index (Phi) is 4.57. The van der Waals surface area contributed by atoms with Crippen LogP contribution in [0.4, 0.5) is 15.6 Å². The average molecular weight is 369 g/mol. The molecule has 0 aliphatic carbocycles. The molecule has 2 amide bonds. The van der Waals surface area contributed by atoms with Crippen molar-refractivity contribution in [2.45, 2.75) is 0 Å². The lowest BCUT2D eigenvalue weighted by atomic mass is 10.3. The Bertz CT molecular complexity index is 888. The fourth-order valence-corrected chi connectivity index (χ4v) is 3.90. The first kappa shape index (κ1) is 16.6. The Morgan fingerprint density at radius 3 is 2.73 bits per heavy atom. The number of anilines is 2. The molecule has 1 aliphatic rings. The van der Waals surface area contributed by atoms with E-state index in [-0.39, 0.29) is 6.03 Å². The van der Waals surface area contributed by atoms with E-state index < -0.39 is 0 Å². The Morgan fingerprint density at radius 2 is 1.96 bits per heavy atom. The maximum Gasteiger partial charge on any atom is 0.322 e. The molecule has 0 spiro atoms. The van der Waals surface area contributed by atoms with E-state index in [0.717, 1.165) is 28.6 Å². The number of ether oxygens (including phenoxy) is 1. The number of hydrogen-bond acceptors (Lipinski definition) is 6. The number of para-hydroxylation sites is 2. The molecule has 26 heavy (non-hydrogen) atoms. The van der Waals surface area contributed by atoms with Crippen LogP contribution in [0.2, 0.25) is 0 Å². The smallest absolute Gasteiger partial charge is 0.322 e. The van der Waals surface area contributed by atoms with Gasteiger partial charge in [0.25, 0.3) is 0 Å². The van der Waals surface area contributed by atoms with E-state index >= 15 is 0 Å². The first-order valence-corrected chi connectivity index (χ1v) is 9.22. The van der Waals surface area contributed by atoms with E-state index in [1.165, 1.54) is 0 Å². The maximum absolute atomic E-state index is 12.5. The Balaban J connectivity index is 1.39. The number of fused-ring (bicyclic) bond motifs is 1. The molecule has 3 aromatic rings. The minimum Gasteiger partial charge on any atom is -0.495 e. The molecule has 4 rings (SSSR count). The van der Waals surface area contributed by atoms with Crippen LogP contribution in [0.3, 0.4) is 0 Å². The van der Waals surface area contributed by atoms with Gasteiger partial charge in [0.1, 0.15) is 16.1 Å². The molecule has 7 nitrogen and oxygen atoms in total. The van der Waals surface area contributed by atoms with E-state index in [0.29, 0.717) is 24.5 Å². The molecule has 0 bridgehead atoms. The van der Waals surface area contributed by atoms with Gasteiger partial charge in [-0.3, -0.25) is 0 Å². The lowest BCUT2D eigenvalue weighted by Gasteiger charge is -2.34. The fraction of sp³-hybridized carbons (Fsp3) is 0.278. The number of carbonyl (C=O) groups is 1. The first-order valence-electron chi connectivity index (χ1n) is 8.40. The van der Waals surface area contributed by atoms with Crippen LogP contribution < -0.4 is 15.0 Å². The highest BCUT2D eigenvalue weighted by atomic mass is 32.1. The number of pyridine rings is 1. The number of amides is 2. The SMILES string of the molecule is COc1ccccc1NC(=O)N1CCN(c2nc3cccnc3s2)CC1. The van der Waals surface area contributed by atoms with Crippen LogP contribution in [-0.4, -0.2) is 54.2 Å². The number of thiazole rings is 1. The lowest BCUT2D eigenvalue weighted by molar-refractivity contribution is 0.208. The summed E-state index contributed by atoms with van der Waals surface area (Å²) in [6, 6.07) is 11.2. The predicted octanol–water partition coefficient (Wildman–Crippen LogP) is 3.05. The molecule has 1 aliphatic heterocycles. The van der Waals surface area contributed by atoms with Crippen molar-refractivity contribution in [3.8, 4) is 5.75 Å². The summed E-state index contributed by atoms with van der Waals surface area (Å²) in [4.78, 5) is 26.5. The topological polar surface area (TPSA) is 70.6 Å². The van der Waals surface area contributed by atoms with Gasteiger partial charge in [0.15, 0.2) is 5.13 Å². The molecule has 1 fully saturated rings. The lowest BCUT2D eigenvalue weighted by Crippen LogP contribution is -2.50. The van der Waals surface area contributed by atoms with Gasteiger partial charge in [0.05, 0.1) is 12.8 Å². The second kappa shape index (κ2) is 7.17. The first-order chi connectivity index (χ1) is 12.7. The number of urea groups is 1. The van der Waals surface area contributed by atoms with Crippen molar-refractivity contribution < 1.29 is 9.53 Å². The molecule has 1 saturated heterocycles. The van der Waals surface area contributed by atoms with Crippen molar-refractivity contribution in [2.24, 2.45) is 0 Å². The van der Waals surface area contributed by atoms with Gasteiger partial charge >= 0.3 is 6.03 Å². The molecular formula is C18H19N5O2S. The van der Waals surface area contributed by atoms with Crippen molar-refractivity contribution >= 4 is 38.5 Å². The van der Waals surface area contributed by atoms with Crippen LogP contribution in [0.25, 0.3) is 10.3 Å². The van der Waals surface area contributed by atoms with Crippen LogP contribution in [0.15, 0.2) is 42.6 Å². The Labute approximate surface area is 155 Å². The molecule has 134 valence electrons. The van der Waals surface area contributed by atoms with E-state index in [4.69, 9.17) is 4.74 Å². The monoisotopic (exact) mass is 369 g/mol. The Morgan fingerprint density at radius 1 is 1.15 bits per heavy atom. The number of carbonyl (C=O) groups excluding carboxylic acids is 1. The molecule has 0 radical (unpaired) electrons. The zero-order valence-corrected chi connectivity index (χ0v) is 15.2. The van der Waals surface area contributed by atoms with Gasteiger partial charge in [0.2, 0.25) is 0 Å². The number of rotatable bonds is 3. The molecule has 2 aromatic heterocycles. The fourth-order valence-electron chi connectivity index (χ4n) is 2.94. The van der Waals surface area contributed by atoms with Crippen LogP contribution >= 0.6 is 11.3 Å². The number of benzene rings is 1. The standard InChI is InChI=1S/C18H19N5O2S/c1-25-15-7-3-2-5-13(15)20-17(24)22-9-11-23(12-10-22)18-21-14-6-4-8-19-16(14)26-18/h2-8H,9-12H2,1H3,(H,20,24). The van der Waals surface area contributed by atoms with Crippen LogP contribution in [0.5, 0.6) is 5.75 Å². The van der Waals surface area contributed by atoms with Crippen molar-refractivity contribution in [1.29, 1.82) is 0 Å². The minimum atomic E-state index is -0.111. The minimum absolute atomic E-state index is 0.111. The summed E-state index contributed by atoms with van der Waals surface area (Å²) in [6.07, 6.45) is 1.78. The molecule has 0 unspecified atom stereocenters. The zero-order chi connectivity index (χ0) is 17.9. The van der Waals surface area contributed by atoms with Crippen LogP contribution in [0, 0.1) is 0 Å². The Hall–Kier alpha value is -2.87. The van der Waals surface area contributed by atoms with Crippen LogP contribution in [-0.2, 0) is 0 Å².